The monoisotopic (exact) mass is 276 g/mol. The molecule has 1 aromatic carbocycles. The number of carbonyl (C=O) groups is 1. The molecule has 2 aromatic rings. The Morgan fingerprint density at radius 1 is 1.40 bits per heavy atom. The van der Waals surface area contributed by atoms with Crippen LogP contribution in [0.5, 0.6) is 0 Å². The van der Waals surface area contributed by atoms with Crippen LogP contribution in [-0.2, 0) is 6.42 Å². The number of nitro groups is 1. The molecule has 0 atom stereocenters. The number of furan rings is 1. The van der Waals surface area contributed by atoms with Crippen molar-refractivity contribution in [3.05, 3.63) is 58.0 Å². The standard InChI is InChI=1S/C13H12N2O5/c16-13(17)11-4-3-9(15(18)19)8-12(11)14-6-5-10-2-1-7-20-10/h1-4,7-8,14H,5-6H2,(H,16,17). The lowest BCUT2D eigenvalue weighted by molar-refractivity contribution is -0.384. The van der Waals surface area contributed by atoms with E-state index < -0.39 is 10.9 Å². The highest BCUT2D eigenvalue weighted by molar-refractivity contribution is 5.94. The Labute approximate surface area is 114 Å². The van der Waals surface area contributed by atoms with Crippen LogP contribution in [0.15, 0.2) is 41.0 Å². The zero-order valence-electron chi connectivity index (χ0n) is 10.4. The number of rotatable bonds is 6. The first-order valence-corrected chi connectivity index (χ1v) is 5.86. The van der Waals surface area contributed by atoms with Gasteiger partial charge in [0.1, 0.15) is 5.76 Å². The maximum Gasteiger partial charge on any atom is 0.337 e. The number of aromatic carboxylic acids is 1. The number of nitro benzene ring substituents is 1. The molecule has 0 fully saturated rings. The van der Waals surface area contributed by atoms with Crippen LogP contribution < -0.4 is 5.32 Å². The van der Waals surface area contributed by atoms with Crippen molar-refractivity contribution in [3.63, 3.8) is 0 Å². The predicted molar refractivity (Wildman–Crippen MR) is 71.0 cm³/mol. The van der Waals surface area contributed by atoms with Crippen molar-refractivity contribution in [2.45, 2.75) is 6.42 Å². The first-order chi connectivity index (χ1) is 9.58. The van der Waals surface area contributed by atoms with E-state index in [-0.39, 0.29) is 16.9 Å². The quantitative estimate of drug-likeness (QED) is 0.620. The molecule has 0 aliphatic heterocycles. The van der Waals surface area contributed by atoms with Gasteiger partial charge in [0.05, 0.1) is 22.4 Å². The molecule has 7 nitrogen and oxygen atoms in total. The van der Waals surface area contributed by atoms with Crippen molar-refractivity contribution >= 4 is 17.3 Å². The summed E-state index contributed by atoms with van der Waals surface area (Å²) in [7, 11) is 0. The molecule has 0 aliphatic rings. The van der Waals surface area contributed by atoms with Crippen LogP contribution in [0.2, 0.25) is 0 Å². The highest BCUT2D eigenvalue weighted by Gasteiger charge is 2.15. The largest absolute Gasteiger partial charge is 0.478 e. The van der Waals surface area contributed by atoms with Gasteiger partial charge in [0.25, 0.3) is 5.69 Å². The van der Waals surface area contributed by atoms with E-state index in [2.05, 4.69) is 5.32 Å². The third-order valence-electron chi connectivity index (χ3n) is 2.71. The van der Waals surface area contributed by atoms with Crippen LogP contribution in [0.3, 0.4) is 0 Å². The van der Waals surface area contributed by atoms with Crippen LogP contribution in [0.4, 0.5) is 11.4 Å². The van der Waals surface area contributed by atoms with Gasteiger partial charge in [0, 0.05) is 25.1 Å². The minimum atomic E-state index is -1.14. The molecule has 20 heavy (non-hydrogen) atoms. The average molecular weight is 276 g/mol. The Kier molecular flexibility index (Phi) is 3.99. The third kappa shape index (κ3) is 3.14. The van der Waals surface area contributed by atoms with Crippen LogP contribution in [0.1, 0.15) is 16.1 Å². The molecular formula is C13H12N2O5. The average Bonchev–Trinajstić information content (AvgIpc) is 2.91. The highest BCUT2D eigenvalue weighted by Crippen LogP contribution is 2.22. The van der Waals surface area contributed by atoms with Crippen molar-refractivity contribution in [3.8, 4) is 0 Å². The molecule has 0 spiro atoms. The molecule has 1 heterocycles. The van der Waals surface area contributed by atoms with Crippen molar-refractivity contribution in [2.75, 3.05) is 11.9 Å². The Morgan fingerprint density at radius 2 is 2.20 bits per heavy atom. The first kappa shape index (κ1) is 13.6. The number of carboxylic acids is 1. The molecule has 0 saturated heterocycles. The van der Waals surface area contributed by atoms with Gasteiger partial charge in [-0.05, 0) is 18.2 Å². The summed E-state index contributed by atoms with van der Waals surface area (Å²) in [6.07, 6.45) is 2.10. The summed E-state index contributed by atoms with van der Waals surface area (Å²) in [5, 5.41) is 22.6. The lowest BCUT2D eigenvalue weighted by Gasteiger charge is -2.08. The molecular weight excluding hydrogens is 264 g/mol. The zero-order valence-corrected chi connectivity index (χ0v) is 10.4. The topological polar surface area (TPSA) is 106 Å². The van der Waals surface area contributed by atoms with Gasteiger partial charge in [-0.1, -0.05) is 0 Å². The number of anilines is 1. The minimum absolute atomic E-state index is 0.00459. The van der Waals surface area contributed by atoms with Crippen molar-refractivity contribution in [1.82, 2.24) is 0 Å². The molecule has 0 aliphatic carbocycles. The molecule has 0 saturated carbocycles. The molecule has 0 amide bonds. The van der Waals surface area contributed by atoms with E-state index in [4.69, 9.17) is 9.52 Å². The molecule has 2 rings (SSSR count). The van der Waals surface area contributed by atoms with Gasteiger partial charge in [-0.15, -0.1) is 0 Å². The van der Waals surface area contributed by atoms with E-state index in [0.717, 1.165) is 5.76 Å². The summed E-state index contributed by atoms with van der Waals surface area (Å²) in [5.41, 5.74) is 0.0591. The second-order valence-electron chi connectivity index (χ2n) is 4.05. The SMILES string of the molecule is O=C(O)c1ccc([N+](=O)[O-])cc1NCCc1ccco1. The normalized spacial score (nSPS) is 10.2. The number of nitrogens with one attached hydrogen (secondary N) is 1. The zero-order chi connectivity index (χ0) is 14.5. The van der Waals surface area contributed by atoms with Gasteiger partial charge in [-0.2, -0.15) is 0 Å². The number of carboxylic acid groups (broad SMARTS) is 1. The number of hydrogen-bond donors (Lipinski definition) is 2. The summed E-state index contributed by atoms with van der Waals surface area (Å²) in [6.45, 7) is 0.412. The minimum Gasteiger partial charge on any atom is -0.478 e. The lowest BCUT2D eigenvalue weighted by Crippen LogP contribution is -2.09. The van der Waals surface area contributed by atoms with Crippen molar-refractivity contribution in [2.24, 2.45) is 0 Å². The van der Waals surface area contributed by atoms with Crippen LogP contribution in [0, 0.1) is 10.1 Å². The highest BCUT2D eigenvalue weighted by atomic mass is 16.6. The Balaban J connectivity index is 2.13. The fourth-order valence-electron chi connectivity index (χ4n) is 1.75. The number of non-ortho nitro benzene ring substituents is 1. The van der Waals surface area contributed by atoms with Gasteiger partial charge in [0.15, 0.2) is 0 Å². The van der Waals surface area contributed by atoms with Gasteiger partial charge >= 0.3 is 5.97 Å². The smallest absolute Gasteiger partial charge is 0.337 e. The van der Waals surface area contributed by atoms with Gasteiger partial charge < -0.3 is 14.8 Å². The van der Waals surface area contributed by atoms with Crippen molar-refractivity contribution in [1.29, 1.82) is 0 Å². The molecule has 2 N–H and O–H groups in total. The van der Waals surface area contributed by atoms with Gasteiger partial charge in [-0.3, -0.25) is 10.1 Å². The molecule has 7 heteroatoms. The predicted octanol–water partition coefficient (Wildman–Crippen LogP) is 2.54. The summed E-state index contributed by atoms with van der Waals surface area (Å²) < 4.78 is 5.15. The summed E-state index contributed by atoms with van der Waals surface area (Å²) in [5.74, 6) is -0.389. The van der Waals surface area contributed by atoms with E-state index in [1.54, 1.807) is 18.4 Å². The number of hydrogen-bond acceptors (Lipinski definition) is 5. The van der Waals surface area contributed by atoms with Gasteiger partial charge in [-0.25, -0.2) is 4.79 Å². The molecule has 0 radical (unpaired) electrons. The summed E-state index contributed by atoms with van der Waals surface area (Å²) >= 11 is 0. The van der Waals surface area contributed by atoms with E-state index in [0.29, 0.717) is 13.0 Å². The van der Waals surface area contributed by atoms with E-state index >= 15 is 0 Å². The fourth-order valence-corrected chi connectivity index (χ4v) is 1.75. The second-order valence-corrected chi connectivity index (χ2v) is 4.05. The Morgan fingerprint density at radius 3 is 2.80 bits per heavy atom. The number of nitrogens with zero attached hydrogens (tertiary/aromatic N) is 1. The van der Waals surface area contributed by atoms with Crippen LogP contribution in [0.25, 0.3) is 0 Å². The first-order valence-electron chi connectivity index (χ1n) is 5.86. The molecule has 0 bridgehead atoms. The Bertz CT molecular complexity index is 622. The molecule has 104 valence electrons. The maximum absolute atomic E-state index is 11.1. The van der Waals surface area contributed by atoms with Crippen LogP contribution in [-0.4, -0.2) is 22.5 Å². The van der Waals surface area contributed by atoms with E-state index in [9.17, 15) is 14.9 Å². The van der Waals surface area contributed by atoms with E-state index in [1.165, 1.54) is 18.2 Å². The van der Waals surface area contributed by atoms with Gasteiger partial charge in [0.2, 0.25) is 0 Å². The summed E-state index contributed by atoms with van der Waals surface area (Å²) in [6, 6.07) is 7.15. The lowest BCUT2D eigenvalue weighted by atomic mass is 10.1. The maximum atomic E-state index is 11.1. The van der Waals surface area contributed by atoms with Crippen molar-refractivity contribution < 1.29 is 19.2 Å². The summed E-state index contributed by atoms with van der Waals surface area (Å²) in [4.78, 5) is 21.2. The molecule has 0 unspecified atom stereocenters. The number of benzene rings is 1. The third-order valence-corrected chi connectivity index (χ3v) is 2.71. The fraction of sp³-hybridized carbons (Fsp3) is 0.154. The van der Waals surface area contributed by atoms with E-state index in [1.807, 2.05) is 0 Å². The molecule has 1 aromatic heterocycles. The van der Waals surface area contributed by atoms with Crippen LogP contribution >= 0.6 is 0 Å². The Hall–Kier alpha value is -2.83. The second kappa shape index (κ2) is 5.87.